The molecule has 0 bridgehead atoms. The van der Waals surface area contributed by atoms with Gasteiger partial charge in [-0.15, -0.1) is 0 Å². The second kappa shape index (κ2) is 11.9. The third-order valence-corrected chi connectivity index (χ3v) is 5.16. The van der Waals surface area contributed by atoms with Gasteiger partial charge < -0.3 is 9.47 Å². The van der Waals surface area contributed by atoms with Gasteiger partial charge in [-0.3, -0.25) is 0 Å². The van der Waals surface area contributed by atoms with Gasteiger partial charge in [0, 0.05) is 5.57 Å². The highest BCUT2D eigenvalue weighted by Crippen LogP contribution is 2.35. The molecule has 0 fully saturated rings. The predicted octanol–water partition coefficient (Wildman–Crippen LogP) is 8.74. The van der Waals surface area contributed by atoms with Gasteiger partial charge in [-0.05, 0) is 94.9 Å². The van der Waals surface area contributed by atoms with Crippen molar-refractivity contribution in [3.63, 3.8) is 0 Å². The Morgan fingerprint density at radius 1 is 1.15 bits per heavy atom. The van der Waals surface area contributed by atoms with Crippen molar-refractivity contribution in [2.24, 2.45) is 0 Å². The minimum Gasteiger partial charge on any atom is -0.482 e. The van der Waals surface area contributed by atoms with Crippen molar-refractivity contribution < 1.29 is 27.0 Å². The van der Waals surface area contributed by atoms with Crippen molar-refractivity contribution in [2.75, 3.05) is 0 Å². The first kappa shape index (κ1) is 26.5. The summed E-state index contributed by atoms with van der Waals surface area (Å²) in [5, 5.41) is 0. The fourth-order valence-corrected chi connectivity index (χ4v) is 3.60. The molecule has 33 heavy (non-hydrogen) atoms. The quantitative estimate of drug-likeness (QED) is 0.217. The van der Waals surface area contributed by atoms with Crippen LogP contribution in [0, 0.1) is 5.82 Å². The van der Waals surface area contributed by atoms with E-state index in [1.807, 2.05) is 6.92 Å². The summed E-state index contributed by atoms with van der Waals surface area (Å²) < 4.78 is 66.4. The molecule has 0 heterocycles. The minimum absolute atomic E-state index is 0.261. The Labute approximate surface area is 194 Å². The van der Waals surface area contributed by atoms with E-state index in [0.29, 0.717) is 29.3 Å². The maximum atomic E-state index is 13.6. The molecule has 0 saturated heterocycles. The van der Waals surface area contributed by atoms with Gasteiger partial charge in [0.2, 0.25) is 0 Å². The summed E-state index contributed by atoms with van der Waals surface area (Å²) in [6.45, 7) is 8.96. The molecule has 1 aliphatic carbocycles. The molecule has 180 valence electrons. The standard InChI is InChI=1S/C27H32F4O2/c1-6-9-20(17-21(10-7-2)27(29,30)31)25(18(3)4)33-26-19(5)11-8-12-24(26)32-23-15-13-22(28)14-16-23/h6,9-10,13-17,24H,7-8,11-12H2,1-5H3/b9-6-,20-17+,21-10-. The van der Waals surface area contributed by atoms with Gasteiger partial charge in [0.05, 0.1) is 5.57 Å². The maximum absolute atomic E-state index is 13.6. The van der Waals surface area contributed by atoms with E-state index in [2.05, 4.69) is 0 Å². The van der Waals surface area contributed by atoms with Crippen LogP contribution in [0.4, 0.5) is 17.6 Å². The van der Waals surface area contributed by atoms with Crippen LogP contribution in [0.3, 0.4) is 0 Å². The lowest BCUT2D eigenvalue weighted by molar-refractivity contribution is -0.0884. The Morgan fingerprint density at radius 2 is 1.82 bits per heavy atom. The van der Waals surface area contributed by atoms with E-state index in [1.165, 1.54) is 12.1 Å². The largest absolute Gasteiger partial charge is 0.482 e. The highest BCUT2D eigenvalue weighted by Gasteiger charge is 2.33. The highest BCUT2D eigenvalue weighted by molar-refractivity contribution is 5.45. The van der Waals surface area contributed by atoms with Crippen LogP contribution in [0.15, 0.2) is 82.4 Å². The van der Waals surface area contributed by atoms with Crippen molar-refractivity contribution in [1.29, 1.82) is 0 Å². The Hall–Kier alpha value is -2.76. The van der Waals surface area contributed by atoms with Crippen LogP contribution in [-0.2, 0) is 4.74 Å². The summed E-state index contributed by atoms with van der Waals surface area (Å²) in [6, 6.07) is 5.74. The van der Waals surface area contributed by atoms with Crippen LogP contribution in [0.1, 0.15) is 60.3 Å². The smallest absolute Gasteiger partial charge is 0.416 e. The summed E-state index contributed by atoms with van der Waals surface area (Å²) in [6.07, 6.45) is 3.35. The van der Waals surface area contributed by atoms with Gasteiger partial charge in [-0.25, -0.2) is 4.39 Å². The summed E-state index contributed by atoms with van der Waals surface area (Å²) in [5.41, 5.74) is 1.34. The number of hydrogen-bond acceptors (Lipinski definition) is 2. The Kier molecular flexibility index (Phi) is 9.56. The number of allylic oxidation sites excluding steroid dienone is 7. The van der Waals surface area contributed by atoms with E-state index in [1.54, 1.807) is 52.0 Å². The topological polar surface area (TPSA) is 18.5 Å². The van der Waals surface area contributed by atoms with Crippen LogP contribution in [0.2, 0.25) is 0 Å². The SMILES string of the molecule is C\C=C/C(=C\C(=C\CC)C(F)(F)F)C(OC1=C(C)CCCC1Oc1ccc(F)cc1)=C(C)C. The van der Waals surface area contributed by atoms with Crippen LogP contribution in [0.5, 0.6) is 5.75 Å². The van der Waals surface area contributed by atoms with Crippen LogP contribution in [-0.4, -0.2) is 12.3 Å². The van der Waals surface area contributed by atoms with Crippen molar-refractivity contribution in [3.05, 3.63) is 88.2 Å². The molecule has 0 aromatic heterocycles. The lowest BCUT2D eigenvalue weighted by atomic mass is 9.96. The fraction of sp³-hybridized carbons (Fsp3) is 0.407. The van der Waals surface area contributed by atoms with Crippen LogP contribution in [0.25, 0.3) is 0 Å². The number of alkyl halides is 3. The molecular weight excluding hydrogens is 432 g/mol. The lowest BCUT2D eigenvalue weighted by Gasteiger charge is -2.29. The van der Waals surface area contributed by atoms with Crippen LogP contribution < -0.4 is 4.74 Å². The van der Waals surface area contributed by atoms with Gasteiger partial charge in [0.1, 0.15) is 23.1 Å². The number of hydrogen-bond donors (Lipinski definition) is 0. The van der Waals surface area contributed by atoms with Crippen LogP contribution >= 0.6 is 0 Å². The molecule has 0 N–H and O–H groups in total. The summed E-state index contributed by atoms with van der Waals surface area (Å²) in [4.78, 5) is 0. The minimum atomic E-state index is -4.47. The molecule has 1 unspecified atom stereocenters. The second-order valence-corrected chi connectivity index (χ2v) is 8.19. The molecule has 1 aliphatic rings. The Balaban J connectivity index is 2.45. The molecule has 0 radical (unpaired) electrons. The van der Waals surface area contributed by atoms with Gasteiger partial charge in [0.15, 0.2) is 6.10 Å². The van der Waals surface area contributed by atoms with Gasteiger partial charge >= 0.3 is 6.18 Å². The molecule has 1 aromatic carbocycles. The fourth-order valence-electron chi connectivity index (χ4n) is 3.60. The number of rotatable bonds is 8. The third-order valence-electron chi connectivity index (χ3n) is 5.16. The molecule has 0 saturated carbocycles. The zero-order valence-corrected chi connectivity index (χ0v) is 19.9. The maximum Gasteiger partial charge on any atom is 0.416 e. The molecule has 0 aliphatic heterocycles. The first-order chi connectivity index (χ1) is 15.6. The third kappa shape index (κ3) is 7.65. The van der Waals surface area contributed by atoms with Gasteiger partial charge in [-0.2, -0.15) is 13.2 Å². The molecule has 2 nitrogen and oxygen atoms in total. The van der Waals surface area contributed by atoms with E-state index >= 15 is 0 Å². The van der Waals surface area contributed by atoms with E-state index in [4.69, 9.17) is 9.47 Å². The van der Waals surface area contributed by atoms with Crippen molar-refractivity contribution in [1.82, 2.24) is 0 Å². The Bertz CT molecular complexity index is 957. The lowest BCUT2D eigenvalue weighted by Crippen LogP contribution is -2.26. The Morgan fingerprint density at radius 3 is 2.36 bits per heavy atom. The molecule has 6 heteroatoms. The van der Waals surface area contributed by atoms with E-state index < -0.39 is 17.9 Å². The summed E-state index contributed by atoms with van der Waals surface area (Å²) >= 11 is 0. The molecule has 0 spiro atoms. The molecular formula is C27H32F4O2. The van der Waals surface area contributed by atoms with E-state index in [9.17, 15) is 17.6 Å². The van der Waals surface area contributed by atoms with Gasteiger partial charge in [0.25, 0.3) is 0 Å². The highest BCUT2D eigenvalue weighted by atomic mass is 19.4. The van der Waals surface area contributed by atoms with Crippen molar-refractivity contribution >= 4 is 0 Å². The monoisotopic (exact) mass is 464 g/mol. The molecule has 0 amide bonds. The molecule has 1 atom stereocenters. The average Bonchev–Trinajstić information content (AvgIpc) is 2.73. The van der Waals surface area contributed by atoms with E-state index in [0.717, 1.165) is 36.1 Å². The zero-order valence-electron chi connectivity index (χ0n) is 19.9. The molecule has 2 rings (SSSR count). The first-order valence-electron chi connectivity index (χ1n) is 11.2. The normalized spacial score (nSPS) is 18.0. The summed E-state index contributed by atoms with van der Waals surface area (Å²) in [7, 11) is 0. The second-order valence-electron chi connectivity index (χ2n) is 8.19. The number of halogens is 4. The number of ether oxygens (including phenoxy) is 2. The summed E-state index contributed by atoms with van der Waals surface area (Å²) in [5.74, 6) is 1.10. The average molecular weight is 465 g/mol. The zero-order chi connectivity index (χ0) is 24.6. The predicted molar refractivity (Wildman–Crippen MR) is 124 cm³/mol. The van der Waals surface area contributed by atoms with Crippen molar-refractivity contribution in [3.8, 4) is 5.75 Å². The van der Waals surface area contributed by atoms with Crippen molar-refractivity contribution in [2.45, 2.75) is 72.6 Å². The number of benzene rings is 1. The molecule has 1 aromatic rings. The first-order valence-corrected chi connectivity index (χ1v) is 11.2. The van der Waals surface area contributed by atoms with Gasteiger partial charge in [-0.1, -0.05) is 25.2 Å². The van der Waals surface area contributed by atoms with E-state index in [-0.39, 0.29) is 12.2 Å².